The third kappa shape index (κ3) is 7.11. The van der Waals surface area contributed by atoms with Crippen molar-refractivity contribution in [3.8, 4) is 0 Å². The zero-order chi connectivity index (χ0) is 23.8. The minimum Gasteiger partial charge on any atom is -0.445 e. The van der Waals surface area contributed by atoms with Crippen molar-refractivity contribution < 1.29 is 23.9 Å². The summed E-state index contributed by atoms with van der Waals surface area (Å²) in [6.45, 7) is 3.90. The predicted molar refractivity (Wildman–Crippen MR) is 122 cm³/mol. The zero-order valence-electron chi connectivity index (χ0n) is 18.6. The lowest BCUT2D eigenvalue weighted by Gasteiger charge is -2.24. The Balaban J connectivity index is 1.63. The number of Topliss-reactive ketones (excluding diaryl/α,β-unsaturated/α-hetero) is 1. The molecule has 2 atom stereocenters. The number of carbonyl (C=O) groups excluding carboxylic acids is 4. The molecule has 33 heavy (non-hydrogen) atoms. The molecule has 1 aliphatic rings. The molecule has 0 radical (unpaired) electrons. The van der Waals surface area contributed by atoms with Crippen LogP contribution >= 0.6 is 11.5 Å². The van der Waals surface area contributed by atoms with Crippen LogP contribution in [0.3, 0.4) is 0 Å². The Morgan fingerprint density at radius 3 is 2.70 bits per heavy atom. The first kappa shape index (κ1) is 24.4. The minimum atomic E-state index is -1.01. The number of ketones is 1. The van der Waals surface area contributed by atoms with Crippen molar-refractivity contribution in [3.63, 3.8) is 0 Å². The van der Waals surface area contributed by atoms with Crippen molar-refractivity contribution in [2.75, 3.05) is 6.54 Å². The van der Waals surface area contributed by atoms with E-state index in [2.05, 4.69) is 20.3 Å². The average Bonchev–Trinajstić information content (AvgIpc) is 3.25. The molecule has 0 fully saturated rings. The van der Waals surface area contributed by atoms with Crippen LogP contribution in [0.1, 0.15) is 36.4 Å². The average molecular weight is 473 g/mol. The maximum absolute atomic E-state index is 13.0. The van der Waals surface area contributed by atoms with Crippen LogP contribution in [0, 0.1) is 5.92 Å². The van der Waals surface area contributed by atoms with Gasteiger partial charge in [0.15, 0.2) is 0 Å². The molecular formula is C23H28N4O5S. The molecule has 10 heteroatoms. The van der Waals surface area contributed by atoms with Gasteiger partial charge in [-0.2, -0.15) is 4.37 Å². The summed E-state index contributed by atoms with van der Waals surface area (Å²) in [7, 11) is 0. The summed E-state index contributed by atoms with van der Waals surface area (Å²) in [6, 6.07) is 9.19. The molecule has 9 nitrogen and oxygen atoms in total. The number of alkyl carbamates (subject to hydrolysis) is 1. The van der Waals surface area contributed by atoms with Crippen LogP contribution in [0.25, 0.3) is 0 Å². The molecular weight excluding hydrogens is 444 g/mol. The quantitative estimate of drug-likeness (QED) is 0.550. The highest BCUT2D eigenvalue weighted by Crippen LogP contribution is 2.15. The fraction of sp³-hybridized carbons (Fsp3) is 0.435. The third-order valence-electron chi connectivity index (χ3n) is 5.25. The second-order valence-electron chi connectivity index (χ2n) is 8.18. The Morgan fingerprint density at radius 1 is 1.21 bits per heavy atom. The summed E-state index contributed by atoms with van der Waals surface area (Å²) in [5.74, 6) is -2.27. The predicted octanol–water partition coefficient (Wildman–Crippen LogP) is 1.75. The number of nitrogens with zero attached hydrogens (tertiary/aromatic N) is 1. The van der Waals surface area contributed by atoms with Crippen LogP contribution in [-0.4, -0.2) is 46.7 Å². The van der Waals surface area contributed by atoms with Crippen LogP contribution in [-0.2, 0) is 38.6 Å². The number of rotatable bonds is 6. The van der Waals surface area contributed by atoms with Gasteiger partial charge in [-0.05, 0) is 41.9 Å². The summed E-state index contributed by atoms with van der Waals surface area (Å²) in [5.41, 5.74) is 1.68. The Labute approximate surface area is 196 Å². The van der Waals surface area contributed by atoms with Crippen LogP contribution in [0.2, 0.25) is 0 Å². The standard InChI is InChI=1S/C23H28N4O5S/c1-14(2)19(26-23(31)32-13-15-6-4-3-5-7-15)21(29)25-18-9-8-17-12-16(27-33-17)10-11-24-22(30)20(18)28/h3-7,12,14,18-19H,8-11,13H2,1-2H3,(H,24,30)(H,25,29)(H,26,31). The Kier molecular flexibility index (Phi) is 8.53. The van der Waals surface area contributed by atoms with E-state index < -0.39 is 35.8 Å². The molecule has 1 aromatic heterocycles. The fourth-order valence-electron chi connectivity index (χ4n) is 3.38. The normalized spacial score (nSPS) is 17.5. The van der Waals surface area contributed by atoms with Crippen LogP contribution in [0.4, 0.5) is 4.79 Å². The van der Waals surface area contributed by atoms with E-state index in [4.69, 9.17) is 4.74 Å². The van der Waals surface area contributed by atoms with Gasteiger partial charge >= 0.3 is 6.09 Å². The van der Waals surface area contributed by atoms with Gasteiger partial charge in [0, 0.05) is 17.8 Å². The lowest BCUT2D eigenvalue weighted by Crippen LogP contribution is -2.55. The number of nitrogens with one attached hydrogen (secondary N) is 3. The highest BCUT2D eigenvalue weighted by Gasteiger charge is 2.32. The lowest BCUT2D eigenvalue weighted by atomic mass is 10.0. The van der Waals surface area contributed by atoms with Gasteiger partial charge in [-0.3, -0.25) is 14.4 Å². The van der Waals surface area contributed by atoms with Crippen molar-refractivity contribution in [1.82, 2.24) is 20.3 Å². The fourth-order valence-corrected chi connectivity index (χ4v) is 4.16. The number of amides is 3. The number of hydrogen-bond donors (Lipinski definition) is 3. The number of carbonyl (C=O) groups is 4. The molecule has 0 aliphatic carbocycles. The molecule has 3 N–H and O–H groups in total. The van der Waals surface area contributed by atoms with Crippen LogP contribution in [0.5, 0.6) is 0 Å². The van der Waals surface area contributed by atoms with Gasteiger partial charge in [0.25, 0.3) is 5.91 Å². The molecule has 1 aliphatic heterocycles. The van der Waals surface area contributed by atoms with E-state index in [9.17, 15) is 19.2 Å². The number of fused-ring (bicyclic) bond motifs is 2. The maximum atomic E-state index is 13.0. The summed E-state index contributed by atoms with van der Waals surface area (Å²) in [6.07, 6.45) is 0.553. The lowest BCUT2D eigenvalue weighted by molar-refractivity contribution is -0.140. The SMILES string of the molecule is CC(C)C(NC(=O)OCc1ccccc1)C(=O)NC1CCc2cc(ns2)CCNC(=O)C1=O. The molecule has 3 rings (SSSR count). The second kappa shape index (κ2) is 11.6. The van der Waals surface area contributed by atoms with Gasteiger partial charge in [0.1, 0.15) is 12.6 Å². The Morgan fingerprint density at radius 2 is 1.97 bits per heavy atom. The van der Waals surface area contributed by atoms with Gasteiger partial charge < -0.3 is 20.7 Å². The van der Waals surface area contributed by atoms with Crippen molar-refractivity contribution in [2.45, 2.75) is 51.8 Å². The summed E-state index contributed by atoms with van der Waals surface area (Å²) in [4.78, 5) is 51.2. The highest BCUT2D eigenvalue weighted by molar-refractivity contribution is 7.05. The van der Waals surface area contributed by atoms with E-state index in [0.29, 0.717) is 12.8 Å². The van der Waals surface area contributed by atoms with E-state index in [1.165, 1.54) is 11.5 Å². The molecule has 0 saturated carbocycles. The third-order valence-corrected chi connectivity index (χ3v) is 6.13. The smallest absolute Gasteiger partial charge is 0.408 e. The number of aromatic nitrogens is 1. The van der Waals surface area contributed by atoms with Crippen molar-refractivity contribution >= 4 is 35.2 Å². The molecule has 176 valence electrons. The molecule has 2 bridgehead atoms. The first-order chi connectivity index (χ1) is 15.8. The molecule has 1 aromatic carbocycles. The van der Waals surface area contributed by atoms with E-state index >= 15 is 0 Å². The second-order valence-corrected chi connectivity index (χ2v) is 9.07. The maximum Gasteiger partial charge on any atom is 0.408 e. The van der Waals surface area contributed by atoms with E-state index in [0.717, 1.165) is 16.1 Å². The zero-order valence-corrected chi connectivity index (χ0v) is 19.4. The number of ether oxygens (including phenoxy) is 1. The molecule has 2 heterocycles. The number of aryl methyl sites for hydroxylation is 1. The summed E-state index contributed by atoms with van der Waals surface area (Å²) >= 11 is 1.35. The Hall–Kier alpha value is -3.27. The molecule has 0 saturated heterocycles. The molecule has 2 aromatic rings. The van der Waals surface area contributed by atoms with Crippen molar-refractivity contribution in [1.29, 1.82) is 0 Å². The van der Waals surface area contributed by atoms with Crippen LogP contribution in [0.15, 0.2) is 36.4 Å². The summed E-state index contributed by atoms with van der Waals surface area (Å²) in [5, 5.41) is 7.81. The van der Waals surface area contributed by atoms with Gasteiger partial charge in [0.05, 0.1) is 11.7 Å². The first-order valence-corrected chi connectivity index (χ1v) is 11.6. The van der Waals surface area contributed by atoms with Gasteiger partial charge in [0.2, 0.25) is 11.7 Å². The molecule has 0 spiro atoms. The van der Waals surface area contributed by atoms with Crippen LogP contribution < -0.4 is 16.0 Å². The minimum absolute atomic E-state index is 0.0667. The summed E-state index contributed by atoms with van der Waals surface area (Å²) < 4.78 is 9.56. The van der Waals surface area contributed by atoms with E-state index in [-0.39, 0.29) is 25.5 Å². The Bertz CT molecular complexity index is 992. The van der Waals surface area contributed by atoms with Crippen molar-refractivity contribution in [3.05, 3.63) is 52.5 Å². The monoisotopic (exact) mass is 472 g/mol. The topological polar surface area (TPSA) is 126 Å². The number of benzene rings is 1. The van der Waals surface area contributed by atoms with Gasteiger partial charge in [-0.1, -0.05) is 44.2 Å². The van der Waals surface area contributed by atoms with Gasteiger partial charge in [-0.25, -0.2) is 4.79 Å². The van der Waals surface area contributed by atoms with E-state index in [1.807, 2.05) is 36.4 Å². The number of hydrogen-bond acceptors (Lipinski definition) is 7. The molecule has 3 amide bonds. The largest absolute Gasteiger partial charge is 0.445 e. The van der Waals surface area contributed by atoms with Gasteiger partial charge in [-0.15, -0.1) is 0 Å². The molecule has 2 unspecified atom stereocenters. The highest BCUT2D eigenvalue weighted by atomic mass is 32.1. The van der Waals surface area contributed by atoms with Crippen molar-refractivity contribution in [2.24, 2.45) is 5.92 Å². The first-order valence-electron chi connectivity index (χ1n) is 10.9. The van der Waals surface area contributed by atoms with E-state index in [1.54, 1.807) is 13.8 Å².